The summed E-state index contributed by atoms with van der Waals surface area (Å²) in [6.45, 7) is 4.27. The Labute approximate surface area is 132 Å². The number of benzene rings is 1. The second kappa shape index (κ2) is 5.21. The van der Waals surface area contributed by atoms with Crippen molar-refractivity contribution in [3.05, 3.63) is 46.4 Å². The van der Waals surface area contributed by atoms with E-state index in [1.54, 1.807) is 11.3 Å². The van der Waals surface area contributed by atoms with Crippen molar-refractivity contribution in [1.29, 1.82) is 0 Å². The lowest BCUT2D eigenvalue weighted by Crippen LogP contribution is -1.97. The normalized spacial score (nSPS) is 11.7. The molecule has 0 radical (unpaired) electrons. The number of rotatable bonds is 4. The van der Waals surface area contributed by atoms with Crippen molar-refractivity contribution in [1.82, 2.24) is 24.8 Å². The van der Waals surface area contributed by atoms with Crippen molar-refractivity contribution >= 4 is 27.2 Å². The molecule has 0 aliphatic rings. The Morgan fingerprint density at radius 1 is 1.23 bits per heavy atom. The maximum absolute atomic E-state index is 4.71. The molecule has 22 heavy (non-hydrogen) atoms. The molecule has 0 unspecified atom stereocenters. The maximum Gasteiger partial charge on any atom is 0.234 e. The molecule has 5 nitrogen and oxygen atoms in total. The zero-order valence-corrected chi connectivity index (χ0v) is 13.4. The second-order valence-electron chi connectivity index (χ2n) is 5.51. The van der Waals surface area contributed by atoms with Crippen molar-refractivity contribution in [3.8, 4) is 0 Å². The van der Waals surface area contributed by atoms with Crippen molar-refractivity contribution < 1.29 is 0 Å². The van der Waals surface area contributed by atoms with Crippen LogP contribution < -0.4 is 0 Å². The van der Waals surface area contributed by atoms with Crippen LogP contribution in [-0.4, -0.2) is 24.8 Å². The highest BCUT2D eigenvalue weighted by molar-refractivity contribution is 7.16. The van der Waals surface area contributed by atoms with Crippen LogP contribution in [0.2, 0.25) is 0 Å². The summed E-state index contributed by atoms with van der Waals surface area (Å²) in [5.74, 6) is 0.954. The molecule has 112 valence electrons. The van der Waals surface area contributed by atoms with Crippen LogP contribution >= 0.6 is 11.3 Å². The fraction of sp³-hybridized carbons (Fsp3) is 0.312. The van der Waals surface area contributed by atoms with E-state index in [1.165, 1.54) is 22.2 Å². The summed E-state index contributed by atoms with van der Waals surface area (Å²) in [6, 6.07) is 8.42. The largest absolute Gasteiger partial charge is 0.358 e. The van der Waals surface area contributed by atoms with Gasteiger partial charge in [-0.3, -0.25) is 0 Å². The predicted molar refractivity (Wildman–Crippen MR) is 88.5 cm³/mol. The van der Waals surface area contributed by atoms with Crippen molar-refractivity contribution in [2.24, 2.45) is 0 Å². The molecule has 3 aromatic heterocycles. The number of fused-ring (bicyclic) bond motifs is 2. The number of nitrogens with one attached hydrogen (secondary N) is 1. The summed E-state index contributed by atoms with van der Waals surface area (Å²) < 4.78 is 1.90. The van der Waals surface area contributed by atoms with E-state index in [4.69, 9.17) is 5.10 Å². The van der Waals surface area contributed by atoms with Crippen LogP contribution in [0.5, 0.6) is 0 Å². The Bertz CT molecular complexity index is 946. The highest BCUT2D eigenvalue weighted by atomic mass is 32.1. The summed E-state index contributed by atoms with van der Waals surface area (Å²) in [5, 5.41) is 15.5. The zero-order chi connectivity index (χ0) is 15.1. The van der Waals surface area contributed by atoms with Gasteiger partial charge in [-0.25, -0.2) is 0 Å². The van der Waals surface area contributed by atoms with Gasteiger partial charge in [0.2, 0.25) is 4.96 Å². The van der Waals surface area contributed by atoms with Crippen LogP contribution in [0.25, 0.3) is 15.9 Å². The topological polar surface area (TPSA) is 58.9 Å². The van der Waals surface area contributed by atoms with Gasteiger partial charge in [0, 0.05) is 29.4 Å². The number of hydrogen-bond donors (Lipinski definition) is 1. The van der Waals surface area contributed by atoms with Gasteiger partial charge >= 0.3 is 0 Å². The smallest absolute Gasteiger partial charge is 0.234 e. The summed E-state index contributed by atoms with van der Waals surface area (Å²) >= 11 is 1.62. The van der Waals surface area contributed by atoms with Gasteiger partial charge in [-0.05, 0) is 25.0 Å². The van der Waals surface area contributed by atoms with E-state index in [9.17, 15) is 0 Å². The van der Waals surface area contributed by atoms with E-state index in [0.29, 0.717) is 0 Å². The van der Waals surface area contributed by atoms with Crippen molar-refractivity contribution in [3.63, 3.8) is 0 Å². The quantitative estimate of drug-likeness (QED) is 0.627. The number of aromatic amines is 1. The summed E-state index contributed by atoms with van der Waals surface area (Å²) in [6.07, 6.45) is 2.79. The first-order valence-corrected chi connectivity index (χ1v) is 8.34. The minimum absolute atomic E-state index is 0.829. The number of para-hydroxylation sites is 1. The van der Waals surface area contributed by atoms with Gasteiger partial charge in [-0.15, -0.1) is 10.2 Å². The molecule has 0 saturated heterocycles. The van der Waals surface area contributed by atoms with Gasteiger partial charge in [-0.1, -0.05) is 36.5 Å². The third-order valence-electron chi connectivity index (χ3n) is 3.93. The predicted octanol–water partition coefficient (Wildman–Crippen LogP) is 3.52. The zero-order valence-electron chi connectivity index (χ0n) is 12.6. The van der Waals surface area contributed by atoms with Gasteiger partial charge in [0.1, 0.15) is 5.01 Å². The summed E-state index contributed by atoms with van der Waals surface area (Å²) in [7, 11) is 0. The third-order valence-corrected chi connectivity index (χ3v) is 4.82. The van der Waals surface area contributed by atoms with E-state index < -0.39 is 0 Å². The van der Waals surface area contributed by atoms with Crippen molar-refractivity contribution in [2.75, 3.05) is 0 Å². The first kappa shape index (κ1) is 13.5. The minimum atomic E-state index is 0.829. The van der Waals surface area contributed by atoms with Crippen LogP contribution in [0, 0.1) is 6.92 Å². The number of hydrogen-bond acceptors (Lipinski definition) is 4. The Hall–Kier alpha value is -2.21. The molecule has 1 N–H and O–H groups in total. The molecule has 0 saturated carbocycles. The van der Waals surface area contributed by atoms with Gasteiger partial charge in [0.15, 0.2) is 5.82 Å². The molecule has 1 aromatic carbocycles. The maximum atomic E-state index is 4.71. The van der Waals surface area contributed by atoms with Crippen LogP contribution in [0.4, 0.5) is 0 Å². The molecule has 0 aliphatic carbocycles. The average molecular weight is 311 g/mol. The monoisotopic (exact) mass is 311 g/mol. The molecule has 0 fully saturated rings. The van der Waals surface area contributed by atoms with E-state index >= 15 is 0 Å². The Kier molecular flexibility index (Phi) is 3.18. The molecule has 3 heterocycles. The molecule has 0 atom stereocenters. The molecule has 6 heteroatoms. The standard InChI is InChI=1S/C16H17N5S/c1-3-6-14-18-19-16-21(14)20-15(22-16)9-12-10(2)17-13-8-5-4-7-11(12)13/h4-5,7-8,17H,3,6,9H2,1-2H3. The highest BCUT2D eigenvalue weighted by Gasteiger charge is 2.14. The molecule has 4 rings (SSSR count). The Morgan fingerprint density at radius 2 is 2.09 bits per heavy atom. The van der Waals surface area contributed by atoms with Gasteiger partial charge in [0.25, 0.3) is 0 Å². The Balaban J connectivity index is 1.74. The van der Waals surface area contributed by atoms with Gasteiger partial charge < -0.3 is 4.98 Å². The number of H-pyrrole nitrogens is 1. The van der Waals surface area contributed by atoms with E-state index in [0.717, 1.165) is 35.1 Å². The summed E-state index contributed by atoms with van der Waals surface area (Å²) in [5.41, 5.74) is 3.71. The van der Waals surface area contributed by atoms with Gasteiger partial charge in [-0.2, -0.15) is 9.61 Å². The first-order valence-electron chi connectivity index (χ1n) is 7.52. The average Bonchev–Trinajstić information content (AvgIpc) is 3.16. The minimum Gasteiger partial charge on any atom is -0.358 e. The second-order valence-corrected chi connectivity index (χ2v) is 6.55. The number of aromatic nitrogens is 5. The fourth-order valence-corrected chi connectivity index (χ4v) is 3.73. The lowest BCUT2D eigenvalue weighted by molar-refractivity contribution is 0.767. The van der Waals surface area contributed by atoms with E-state index in [-0.39, 0.29) is 0 Å². The lowest BCUT2D eigenvalue weighted by atomic mass is 10.1. The first-order chi connectivity index (χ1) is 10.8. The van der Waals surface area contributed by atoms with Gasteiger partial charge in [0.05, 0.1) is 0 Å². The van der Waals surface area contributed by atoms with Crippen LogP contribution in [0.15, 0.2) is 24.3 Å². The van der Waals surface area contributed by atoms with Crippen molar-refractivity contribution in [2.45, 2.75) is 33.1 Å². The van der Waals surface area contributed by atoms with Crippen LogP contribution in [0.1, 0.15) is 35.4 Å². The van der Waals surface area contributed by atoms with Crippen LogP contribution in [-0.2, 0) is 12.8 Å². The molecular formula is C16H17N5S. The Morgan fingerprint density at radius 3 is 2.95 bits per heavy atom. The molecule has 0 aliphatic heterocycles. The molecule has 0 bridgehead atoms. The lowest BCUT2D eigenvalue weighted by Gasteiger charge is -1.98. The van der Waals surface area contributed by atoms with E-state index in [2.05, 4.69) is 53.3 Å². The molecule has 0 spiro atoms. The van der Waals surface area contributed by atoms with Crippen LogP contribution in [0.3, 0.4) is 0 Å². The van der Waals surface area contributed by atoms with E-state index in [1.807, 2.05) is 4.52 Å². The molecule has 0 amide bonds. The molecule has 4 aromatic rings. The number of nitrogens with zero attached hydrogens (tertiary/aromatic N) is 4. The molecular weight excluding hydrogens is 294 g/mol. The summed E-state index contributed by atoms with van der Waals surface area (Å²) in [4.78, 5) is 4.33. The number of aryl methyl sites for hydroxylation is 2. The SMILES string of the molecule is CCCc1nnc2sc(Cc3c(C)[nH]c4ccccc34)nn12. The highest BCUT2D eigenvalue weighted by Crippen LogP contribution is 2.26. The third kappa shape index (κ3) is 2.11. The fourth-order valence-electron chi connectivity index (χ4n) is 2.86.